The molecule has 0 saturated carbocycles. The molecule has 8 nitrogen and oxygen atoms in total. The maximum absolute atomic E-state index is 12.4. The van der Waals surface area contributed by atoms with E-state index in [9.17, 15) is 14.9 Å². The molecule has 4 rings (SSSR count). The van der Waals surface area contributed by atoms with E-state index >= 15 is 0 Å². The molecular formula is C25H19IN2O6. The lowest BCUT2D eigenvalue weighted by molar-refractivity contribution is -0.385. The molecule has 172 valence electrons. The monoisotopic (exact) mass is 570 g/mol. The van der Waals surface area contributed by atoms with Gasteiger partial charge >= 0.3 is 5.97 Å². The van der Waals surface area contributed by atoms with Gasteiger partial charge in [0.05, 0.1) is 15.6 Å². The highest BCUT2D eigenvalue weighted by Crippen LogP contribution is 2.35. The maximum Gasteiger partial charge on any atom is 0.363 e. The fourth-order valence-corrected chi connectivity index (χ4v) is 4.10. The Kier molecular flexibility index (Phi) is 6.92. The lowest BCUT2D eigenvalue weighted by atomic mass is 10.1. The smallest absolute Gasteiger partial charge is 0.363 e. The van der Waals surface area contributed by atoms with Crippen molar-refractivity contribution in [3.8, 4) is 11.5 Å². The van der Waals surface area contributed by atoms with Gasteiger partial charge in [0, 0.05) is 17.2 Å². The number of aryl methyl sites for hydroxylation is 1. The first kappa shape index (κ1) is 23.4. The van der Waals surface area contributed by atoms with Crippen LogP contribution in [0.25, 0.3) is 6.08 Å². The maximum atomic E-state index is 12.4. The molecule has 0 aliphatic carbocycles. The number of methoxy groups -OCH3 is 1. The predicted octanol–water partition coefficient (Wildman–Crippen LogP) is 5.44. The number of nitro benzene ring substituents is 1. The Morgan fingerprint density at radius 3 is 2.62 bits per heavy atom. The molecule has 0 atom stereocenters. The lowest BCUT2D eigenvalue weighted by Gasteiger charge is -2.13. The van der Waals surface area contributed by atoms with Gasteiger partial charge in [-0.2, -0.15) is 0 Å². The highest BCUT2D eigenvalue weighted by Gasteiger charge is 2.26. The van der Waals surface area contributed by atoms with Crippen molar-refractivity contribution in [1.82, 2.24) is 0 Å². The van der Waals surface area contributed by atoms with Crippen LogP contribution in [0.2, 0.25) is 0 Å². The summed E-state index contributed by atoms with van der Waals surface area (Å²) in [7, 11) is 1.54. The van der Waals surface area contributed by atoms with E-state index in [-0.39, 0.29) is 17.3 Å². The first-order valence-electron chi connectivity index (χ1n) is 10.2. The van der Waals surface area contributed by atoms with Gasteiger partial charge in [0.15, 0.2) is 17.2 Å². The average Bonchev–Trinajstić information content (AvgIpc) is 3.18. The molecule has 1 heterocycles. The number of benzene rings is 3. The van der Waals surface area contributed by atoms with Crippen molar-refractivity contribution in [2.45, 2.75) is 13.5 Å². The molecule has 0 saturated heterocycles. The molecule has 0 bridgehead atoms. The van der Waals surface area contributed by atoms with Crippen molar-refractivity contribution in [3.05, 3.63) is 102 Å². The second-order valence-corrected chi connectivity index (χ2v) is 8.57. The normalized spacial score (nSPS) is 14.0. The Morgan fingerprint density at radius 1 is 1.15 bits per heavy atom. The minimum atomic E-state index is -0.642. The Hall–Kier alpha value is -3.73. The fraction of sp³-hybridized carbons (Fsp3) is 0.120. The van der Waals surface area contributed by atoms with Crippen LogP contribution >= 0.6 is 22.6 Å². The molecule has 9 heteroatoms. The van der Waals surface area contributed by atoms with Gasteiger partial charge in [0.1, 0.15) is 6.61 Å². The van der Waals surface area contributed by atoms with Crippen molar-refractivity contribution < 1.29 is 23.9 Å². The lowest BCUT2D eigenvalue weighted by Crippen LogP contribution is -2.06. The highest BCUT2D eigenvalue weighted by molar-refractivity contribution is 14.1. The number of cyclic esters (lactones) is 1. The van der Waals surface area contributed by atoms with E-state index in [0.717, 1.165) is 9.13 Å². The second kappa shape index (κ2) is 10.0. The largest absolute Gasteiger partial charge is 0.493 e. The van der Waals surface area contributed by atoms with Gasteiger partial charge in [-0.1, -0.05) is 36.4 Å². The van der Waals surface area contributed by atoms with Crippen LogP contribution in [0.15, 0.2) is 71.4 Å². The summed E-state index contributed by atoms with van der Waals surface area (Å²) in [4.78, 5) is 27.4. The minimum Gasteiger partial charge on any atom is -0.493 e. The molecule has 0 radical (unpaired) electrons. The Balaban J connectivity index is 1.61. The standard InChI is InChI=1S/C25H19IN2O6/c1-15-8-9-18(13-21(15)28(30)31)24-27-20(25(29)34-24)11-17-10-19(26)23(22(12-17)32-2)33-14-16-6-4-3-5-7-16/h3-13H,14H2,1-2H3. The number of hydrogen-bond donors (Lipinski definition) is 0. The van der Waals surface area contributed by atoms with Crippen LogP contribution in [0.4, 0.5) is 5.69 Å². The van der Waals surface area contributed by atoms with Crippen molar-refractivity contribution in [2.24, 2.45) is 4.99 Å². The molecule has 1 aliphatic heterocycles. The molecule has 0 N–H and O–H groups in total. The first-order chi connectivity index (χ1) is 16.4. The fourth-order valence-electron chi connectivity index (χ4n) is 3.32. The van der Waals surface area contributed by atoms with Gasteiger partial charge in [-0.15, -0.1) is 0 Å². The van der Waals surface area contributed by atoms with Crippen LogP contribution in [-0.4, -0.2) is 23.9 Å². The molecule has 1 aliphatic rings. The van der Waals surface area contributed by atoms with Crippen LogP contribution < -0.4 is 9.47 Å². The van der Waals surface area contributed by atoms with Crippen molar-refractivity contribution >= 4 is 46.2 Å². The van der Waals surface area contributed by atoms with Crippen LogP contribution in [0, 0.1) is 20.6 Å². The molecule has 3 aromatic carbocycles. The summed E-state index contributed by atoms with van der Waals surface area (Å²) >= 11 is 2.15. The summed E-state index contributed by atoms with van der Waals surface area (Å²) in [5.41, 5.74) is 2.56. The zero-order valence-corrected chi connectivity index (χ0v) is 20.4. The van der Waals surface area contributed by atoms with Gasteiger partial charge < -0.3 is 14.2 Å². The average molecular weight is 570 g/mol. The third kappa shape index (κ3) is 5.09. The van der Waals surface area contributed by atoms with E-state index in [1.807, 2.05) is 36.4 Å². The molecule has 3 aromatic rings. The second-order valence-electron chi connectivity index (χ2n) is 7.40. The zero-order valence-electron chi connectivity index (χ0n) is 18.3. The van der Waals surface area contributed by atoms with Crippen LogP contribution in [0.5, 0.6) is 11.5 Å². The number of carbonyl (C=O) groups excluding carboxylic acids is 1. The number of ether oxygens (including phenoxy) is 3. The third-order valence-corrected chi connectivity index (χ3v) is 5.86. The first-order valence-corrected chi connectivity index (χ1v) is 11.3. The number of hydrogen-bond acceptors (Lipinski definition) is 7. The van der Waals surface area contributed by atoms with Crippen LogP contribution in [-0.2, 0) is 16.1 Å². The number of esters is 1. The minimum absolute atomic E-state index is 0.0174. The quantitative estimate of drug-likeness (QED) is 0.123. The summed E-state index contributed by atoms with van der Waals surface area (Å²) in [5, 5.41) is 11.2. The molecular weight excluding hydrogens is 551 g/mol. The predicted molar refractivity (Wildman–Crippen MR) is 135 cm³/mol. The van der Waals surface area contributed by atoms with Gasteiger partial charge in [0.25, 0.3) is 5.69 Å². The molecule has 0 amide bonds. The van der Waals surface area contributed by atoms with E-state index < -0.39 is 10.9 Å². The topological polar surface area (TPSA) is 100 Å². The van der Waals surface area contributed by atoms with Gasteiger partial charge in [-0.25, -0.2) is 9.79 Å². The van der Waals surface area contributed by atoms with E-state index in [1.165, 1.54) is 6.07 Å². The van der Waals surface area contributed by atoms with Crippen molar-refractivity contribution in [2.75, 3.05) is 7.11 Å². The summed E-state index contributed by atoms with van der Waals surface area (Å²) in [6.45, 7) is 2.02. The molecule has 0 unspecified atom stereocenters. The number of halogens is 1. The molecule has 0 spiro atoms. The molecule has 34 heavy (non-hydrogen) atoms. The Morgan fingerprint density at radius 2 is 1.91 bits per heavy atom. The summed E-state index contributed by atoms with van der Waals surface area (Å²) in [6, 6.07) is 17.9. The van der Waals surface area contributed by atoms with E-state index in [2.05, 4.69) is 27.6 Å². The molecule has 0 aromatic heterocycles. The number of nitrogens with zero attached hydrogens (tertiary/aromatic N) is 2. The van der Waals surface area contributed by atoms with Gasteiger partial charge in [-0.05, 0) is 64.9 Å². The molecule has 0 fully saturated rings. The van der Waals surface area contributed by atoms with Crippen LogP contribution in [0.1, 0.15) is 22.3 Å². The van der Waals surface area contributed by atoms with Gasteiger partial charge in [-0.3, -0.25) is 10.1 Å². The van der Waals surface area contributed by atoms with E-state index in [0.29, 0.717) is 34.8 Å². The van der Waals surface area contributed by atoms with Crippen molar-refractivity contribution in [3.63, 3.8) is 0 Å². The highest BCUT2D eigenvalue weighted by atomic mass is 127. The number of aliphatic imine (C=N–C) groups is 1. The van der Waals surface area contributed by atoms with E-state index in [4.69, 9.17) is 14.2 Å². The van der Waals surface area contributed by atoms with E-state index in [1.54, 1.807) is 38.3 Å². The summed E-state index contributed by atoms with van der Waals surface area (Å²) in [6.07, 6.45) is 1.57. The van der Waals surface area contributed by atoms with Gasteiger partial charge in [0.2, 0.25) is 5.90 Å². The number of rotatable bonds is 7. The SMILES string of the molecule is COc1cc(C=C2N=C(c3ccc(C)c([N+](=O)[O-])c3)OC2=O)cc(I)c1OCc1ccccc1. The summed E-state index contributed by atoms with van der Waals surface area (Å²) in [5.74, 6) is 0.485. The summed E-state index contributed by atoms with van der Waals surface area (Å²) < 4.78 is 17.6. The zero-order chi connectivity index (χ0) is 24.2. The number of carbonyl (C=O) groups is 1. The number of nitro groups is 1. The van der Waals surface area contributed by atoms with Crippen LogP contribution in [0.3, 0.4) is 0 Å². The van der Waals surface area contributed by atoms with Crippen molar-refractivity contribution in [1.29, 1.82) is 0 Å². The Bertz CT molecular complexity index is 1330. The third-order valence-electron chi connectivity index (χ3n) is 5.05. The Labute approximate surface area is 209 Å².